The summed E-state index contributed by atoms with van der Waals surface area (Å²) in [6.45, 7) is 2.55. The Kier molecular flexibility index (Phi) is 5.71. The molecule has 1 atom stereocenters. The van der Waals surface area contributed by atoms with Gasteiger partial charge < -0.3 is 19.5 Å². The van der Waals surface area contributed by atoms with Crippen LogP contribution in [0.2, 0.25) is 0 Å². The molecule has 0 saturated carbocycles. The smallest absolute Gasteiger partial charge is 0.338 e. The molecule has 0 radical (unpaired) electrons. The number of nitrogens with zero attached hydrogens (tertiary/aromatic N) is 2. The van der Waals surface area contributed by atoms with E-state index < -0.39 is 0 Å². The molecule has 1 aliphatic heterocycles. The van der Waals surface area contributed by atoms with Crippen LogP contribution >= 0.6 is 11.3 Å². The Balaban J connectivity index is 1.49. The first kappa shape index (κ1) is 21.0. The van der Waals surface area contributed by atoms with Gasteiger partial charge in [-0.15, -0.1) is 11.3 Å². The van der Waals surface area contributed by atoms with Crippen molar-refractivity contribution in [3.8, 4) is 5.69 Å². The maximum Gasteiger partial charge on any atom is 0.338 e. The highest BCUT2D eigenvalue weighted by molar-refractivity contribution is 7.10. The van der Waals surface area contributed by atoms with E-state index in [0.29, 0.717) is 24.4 Å². The zero-order valence-electron chi connectivity index (χ0n) is 18.1. The molecule has 33 heavy (non-hydrogen) atoms. The molecule has 0 unspecified atom stereocenters. The lowest BCUT2D eigenvalue weighted by Crippen LogP contribution is -2.37. The van der Waals surface area contributed by atoms with Gasteiger partial charge in [0.05, 0.1) is 30.1 Å². The van der Waals surface area contributed by atoms with Crippen LogP contribution in [0.4, 0.5) is 10.5 Å². The molecule has 7 heteroatoms. The summed E-state index contributed by atoms with van der Waals surface area (Å²) in [6, 6.07) is 22.6. The fourth-order valence-electron chi connectivity index (χ4n) is 4.18. The highest BCUT2D eigenvalue weighted by Crippen LogP contribution is 2.38. The quantitative estimate of drug-likeness (QED) is 0.391. The number of esters is 1. The van der Waals surface area contributed by atoms with Gasteiger partial charge in [0, 0.05) is 16.8 Å². The predicted molar refractivity (Wildman–Crippen MR) is 129 cm³/mol. The second-order valence-electron chi connectivity index (χ2n) is 7.71. The van der Waals surface area contributed by atoms with Gasteiger partial charge in [0.25, 0.3) is 0 Å². The van der Waals surface area contributed by atoms with Crippen LogP contribution in [0.3, 0.4) is 0 Å². The largest absolute Gasteiger partial charge is 0.462 e. The first-order chi connectivity index (χ1) is 16.2. The molecule has 5 rings (SSSR count). The van der Waals surface area contributed by atoms with Gasteiger partial charge >= 0.3 is 12.0 Å². The third-order valence-corrected chi connectivity index (χ3v) is 6.61. The van der Waals surface area contributed by atoms with Gasteiger partial charge in [-0.2, -0.15) is 0 Å². The van der Waals surface area contributed by atoms with Crippen LogP contribution < -0.4 is 5.32 Å². The van der Waals surface area contributed by atoms with Crippen molar-refractivity contribution in [3.05, 3.63) is 106 Å². The maximum absolute atomic E-state index is 13.6. The lowest BCUT2D eigenvalue weighted by Gasteiger charge is -2.30. The van der Waals surface area contributed by atoms with Crippen molar-refractivity contribution in [1.29, 1.82) is 0 Å². The van der Waals surface area contributed by atoms with Gasteiger partial charge in [-0.1, -0.05) is 24.3 Å². The molecule has 1 aliphatic rings. The normalized spacial score (nSPS) is 14.7. The third kappa shape index (κ3) is 4.03. The van der Waals surface area contributed by atoms with Gasteiger partial charge in [-0.25, -0.2) is 9.59 Å². The number of urea groups is 1. The number of carbonyl (C=O) groups excluding carboxylic acids is 2. The molecule has 0 bridgehead atoms. The van der Waals surface area contributed by atoms with Crippen LogP contribution in [0.15, 0.2) is 84.4 Å². The highest BCUT2D eigenvalue weighted by atomic mass is 32.1. The second kappa shape index (κ2) is 8.96. The first-order valence-electron chi connectivity index (χ1n) is 10.8. The summed E-state index contributed by atoms with van der Waals surface area (Å²) < 4.78 is 7.20. The molecule has 166 valence electrons. The number of hydrogen-bond donors (Lipinski definition) is 1. The number of ether oxygens (including phenoxy) is 1. The zero-order valence-corrected chi connectivity index (χ0v) is 18.9. The van der Waals surface area contributed by atoms with Crippen LogP contribution in [0.25, 0.3) is 5.69 Å². The number of thiophene rings is 1. The average molecular weight is 458 g/mol. The standard InChI is InChI=1S/C26H23N3O3S/c1-2-32-25(30)18-11-13-20(14-12-18)27-26(31)29-17-19-7-3-4-8-21(19)28-15-5-9-22(28)24(29)23-10-6-16-33-23/h3-16,24H,2,17H2,1H3,(H,27,31)/t24-/m1/s1. The number of amides is 2. The van der Waals surface area contributed by atoms with E-state index in [1.807, 2.05) is 40.7 Å². The molecular formula is C26H23N3O3S. The molecule has 0 saturated heterocycles. The first-order valence-corrected chi connectivity index (χ1v) is 11.7. The lowest BCUT2D eigenvalue weighted by molar-refractivity contribution is 0.0526. The summed E-state index contributed by atoms with van der Waals surface area (Å²) >= 11 is 1.64. The fourth-order valence-corrected chi connectivity index (χ4v) is 5.03. The van der Waals surface area contributed by atoms with E-state index in [2.05, 4.69) is 34.1 Å². The van der Waals surface area contributed by atoms with E-state index in [0.717, 1.165) is 21.8 Å². The van der Waals surface area contributed by atoms with E-state index in [-0.39, 0.29) is 18.0 Å². The summed E-state index contributed by atoms with van der Waals surface area (Å²) in [5.41, 5.74) is 4.25. The number of rotatable bonds is 4. The number of carbonyl (C=O) groups is 2. The highest BCUT2D eigenvalue weighted by Gasteiger charge is 2.33. The molecule has 4 aromatic rings. The van der Waals surface area contributed by atoms with E-state index in [4.69, 9.17) is 4.74 Å². The molecule has 2 amide bonds. The Morgan fingerprint density at radius 3 is 2.61 bits per heavy atom. The van der Waals surface area contributed by atoms with Crippen LogP contribution in [-0.2, 0) is 11.3 Å². The van der Waals surface area contributed by atoms with Crippen molar-refractivity contribution < 1.29 is 14.3 Å². The van der Waals surface area contributed by atoms with Crippen molar-refractivity contribution >= 4 is 29.0 Å². The Hall–Kier alpha value is -3.84. The number of anilines is 1. The molecule has 0 aliphatic carbocycles. The Morgan fingerprint density at radius 2 is 1.85 bits per heavy atom. The van der Waals surface area contributed by atoms with Gasteiger partial charge in [-0.3, -0.25) is 0 Å². The van der Waals surface area contributed by atoms with Crippen LogP contribution in [0.5, 0.6) is 0 Å². The van der Waals surface area contributed by atoms with Crippen LogP contribution in [0.1, 0.15) is 39.5 Å². The summed E-state index contributed by atoms with van der Waals surface area (Å²) in [6.07, 6.45) is 2.05. The van der Waals surface area contributed by atoms with E-state index >= 15 is 0 Å². The van der Waals surface area contributed by atoms with Gasteiger partial charge in [0.15, 0.2) is 0 Å². The molecular weight excluding hydrogens is 434 g/mol. The van der Waals surface area contributed by atoms with E-state index in [1.165, 1.54) is 0 Å². The minimum atomic E-state index is -0.377. The topological polar surface area (TPSA) is 63.6 Å². The van der Waals surface area contributed by atoms with E-state index in [1.54, 1.807) is 42.5 Å². The summed E-state index contributed by atoms with van der Waals surface area (Å²) in [5.74, 6) is -0.377. The summed E-state index contributed by atoms with van der Waals surface area (Å²) in [7, 11) is 0. The van der Waals surface area contributed by atoms with Crippen molar-refractivity contribution in [2.75, 3.05) is 11.9 Å². The minimum absolute atomic E-state index is 0.207. The molecule has 1 N–H and O–H groups in total. The second-order valence-corrected chi connectivity index (χ2v) is 8.68. The average Bonchev–Trinajstić information content (AvgIpc) is 3.51. The van der Waals surface area contributed by atoms with Crippen LogP contribution in [-0.4, -0.2) is 28.1 Å². The summed E-state index contributed by atoms with van der Waals surface area (Å²) in [4.78, 5) is 28.5. The molecule has 0 fully saturated rings. The predicted octanol–water partition coefficient (Wildman–Crippen LogP) is 5.85. The maximum atomic E-state index is 13.6. The van der Waals surface area contributed by atoms with Gasteiger partial charge in [-0.05, 0) is 66.4 Å². The van der Waals surface area contributed by atoms with Crippen molar-refractivity contribution in [2.24, 2.45) is 0 Å². The lowest BCUT2D eigenvalue weighted by atomic mass is 10.1. The van der Waals surface area contributed by atoms with Crippen LogP contribution in [0, 0.1) is 0 Å². The summed E-state index contributed by atoms with van der Waals surface area (Å²) in [5, 5.41) is 5.05. The number of hydrogen-bond acceptors (Lipinski definition) is 4. The Labute approximate surface area is 196 Å². The van der Waals surface area contributed by atoms with E-state index in [9.17, 15) is 9.59 Å². The molecule has 2 aromatic carbocycles. The minimum Gasteiger partial charge on any atom is -0.462 e. The number of aromatic nitrogens is 1. The molecule has 6 nitrogen and oxygen atoms in total. The van der Waals surface area contributed by atoms with Gasteiger partial charge in [0.2, 0.25) is 0 Å². The van der Waals surface area contributed by atoms with Crippen molar-refractivity contribution in [1.82, 2.24) is 9.47 Å². The SMILES string of the molecule is CCOC(=O)c1ccc(NC(=O)N2Cc3ccccc3-n3cccc3[C@@H]2c2cccs2)cc1. The fraction of sp³-hybridized carbons (Fsp3) is 0.154. The molecule has 0 spiro atoms. The van der Waals surface area contributed by atoms with Crippen molar-refractivity contribution in [3.63, 3.8) is 0 Å². The Morgan fingerprint density at radius 1 is 1.03 bits per heavy atom. The number of fused-ring (bicyclic) bond motifs is 3. The Bertz CT molecular complexity index is 1280. The van der Waals surface area contributed by atoms with Gasteiger partial charge in [0.1, 0.15) is 6.04 Å². The third-order valence-electron chi connectivity index (χ3n) is 5.68. The number of para-hydroxylation sites is 1. The van der Waals surface area contributed by atoms with Crippen molar-refractivity contribution in [2.45, 2.75) is 19.5 Å². The number of nitrogens with one attached hydrogen (secondary N) is 1. The molecule has 3 heterocycles. The monoisotopic (exact) mass is 457 g/mol. The zero-order chi connectivity index (χ0) is 22.8. The molecule has 2 aromatic heterocycles. The number of benzene rings is 2.